The molecule has 3 atom stereocenters. The highest BCUT2D eigenvalue weighted by molar-refractivity contribution is 6.00. The van der Waals surface area contributed by atoms with E-state index in [0.29, 0.717) is 23.4 Å². The number of likely N-dealkylation sites (tertiary alicyclic amines) is 1. The molecule has 5 nitrogen and oxygen atoms in total. The summed E-state index contributed by atoms with van der Waals surface area (Å²) in [6.45, 7) is 6.15. The number of hydrogen-bond acceptors (Lipinski definition) is 4. The van der Waals surface area contributed by atoms with Crippen LogP contribution in [-0.4, -0.2) is 41.3 Å². The summed E-state index contributed by atoms with van der Waals surface area (Å²) in [5.74, 6) is -0.530. The number of piperidine rings is 1. The molecule has 2 aromatic carbocycles. The molecule has 38 heavy (non-hydrogen) atoms. The first-order chi connectivity index (χ1) is 18.1. The zero-order valence-electron chi connectivity index (χ0n) is 21.6. The Labute approximate surface area is 221 Å². The first kappa shape index (κ1) is 27.6. The molecule has 3 unspecified atom stereocenters. The van der Waals surface area contributed by atoms with Gasteiger partial charge in [-0.2, -0.15) is 13.2 Å². The molecule has 1 saturated heterocycles. The van der Waals surface area contributed by atoms with E-state index < -0.39 is 17.7 Å². The molecular formula is C30H33F3N2O3. The van der Waals surface area contributed by atoms with E-state index in [4.69, 9.17) is 4.84 Å². The number of carbonyl (C=O) groups is 1. The summed E-state index contributed by atoms with van der Waals surface area (Å²) in [6, 6.07) is 12.7. The Balaban J connectivity index is 1.37. The Morgan fingerprint density at radius 2 is 1.95 bits per heavy atom. The quantitative estimate of drug-likeness (QED) is 0.303. The summed E-state index contributed by atoms with van der Waals surface area (Å²) < 4.78 is 41.3. The Bertz CT molecular complexity index is 1220. The van der Waals surface area contributed by atoms with Crippen molar-refractivity contribution in [3.05, 3.63) is 83.5 Å². The van der Waals surface area contributed by atoms with Crippen LogP contribution in [0.5, 0.6) is 0 Å². The molecular weight excluding hydrogens is 493 g/mol. The van der Waals surface area contributed by atoms with Gasteiger partial charge in [-0.15, -0.1) is 0 Å². The lowest BCUT2D eigenvalue weighted by molar-refractivity contribution is -0.143. The Kier molecular flexibility index (Phi) is 8.72. The Hall–Kier alpha value is -3.39. The van der Waals surface area contributed by atoms with Crippen molar-refractivity contribution >= 4 is 11.7 Å². The smallest absolute Gasteiger partial charge is 0.417 e. The summed E-state index contributed by atoms with van der Waals surface area (Å²) in [6.07, 6.45) is 3.36. The summed E-state index contributed by atoms with van der Waals surface area (Å²) in [7, 11) is 0. The number of benzene rings is 2. The van der Waals surface area contributed by atoms with Gasteiger partial charge in [-0.1, -0.05) is 72.8 Å². The lowest BCUT2D eigenvalue weighted by atomic mass is 9.85. The van der Waals surface area contributed by atoms with E-state index in [1.807, 2.05) is 13.0 Å². The Morgan fingerprint density at radius 3 is 2.63 bits per heavy atom. The van der Waals surface area contributed by atoms with Crippen molar-refractivity contribution in [2.45, 2.75) is 39.5 Å². The van der Waals surface area contributed by atoms with Crippen LogP contribution in [0.25, 0.3) is 11.1 Å². The molecule has 0 saturated carbocycles. The molecule has 4 rings (SSSR count). The van der Waals surface area contributed by atoms with Crippen molar-refractivity contribution in [3.63, 3.8) is 0 Å². The minimum atomic E-state index is -4.49. The van der Waals surface area contributed by atoms with E-state index in [2.05, 4.69) is 29.1 Å². The number of aliphatic carboxylic acids is 1. The van der Waals surface area contributed by atoms with Crippen LogP contribution in [0.4, 0.5) is 13.2 Å². The largest absolute Gasteiger partial charge is 0.481 e. The van der Waals surface area contributed by atoms with E-state index >= 15 is 0 Å². The van der Waals surface area contributed by atoms with E-state index in [9.17, 15) is 23.1 Å². The maximum absolute atomic E-state index is 13.8. The van der Waals surface area contributed by atoms with E-state index in [-0.39, 0.29) is 29.9 Å². The van der Waals surface area contributed by atoms with Crippen LogP contribution in [0, 0.1) is 17.8 Å². The van der Waals surface area contributed by atoms with Crippen LogP contribution in [0.2, 0.25) is 0 Å². The number of alkyl halides is 3. The SMILES string of the molecule is C/C(=N\OCc1ccc(-c2ccccc2)c(C(F)(F)F)c1)C1=CC(C)C(CN2CCCC(C(=O)O)C2)C=C1. The molecule has 1 aliphatic carbocycles. The topological polar surface area (TPSA) is 62.1 Å². The lowest BCUT2D eigenvalue weighted by Crippen LogP contribution is -2.41. The molecule has 2 aromatic rings. The average Bonchev–Trinajstić information content (AvgIpc) is 2.90. The van der Waals surface area contributed by atoms with E-state index in [1.54, 1.807) is 36.4 Å². The number of oxime groups is 1. The molecule has 202 valence electrons. The van der Waals surface area contributed by atoms with Gasteiger partial charge in [0.25, 0.3) is 0 Å². The third-order valence-corrected chi connectivity index (χ3v) is 7.29. The van der Waals surface area contributed by atoms with Crippen LogP contribution < -0.4 is 0 Å². The zero-order valence-corrected chi connectivity index (χ0v) is 21.6. The predicted octanol–water partition coefficient (Wildman–Crippen LogP) is 6.81. The molecule has 1 heterocycles. The predicted molar refractivity (Wildman–Crippen MR) is 141 cm³/mol. The van der Waals surface area contributed by atoms with Crippen LogP contribution in [-0.2, 0) is 22.4 Å². The minimum absolute atomic E-state index is 0.0790. The standard InChI is InChI=1S/C30H33F3N2O3/c1-20-15-24(11-12-25(20)17-35-14-6-9-26(18-35)29(36)37)21(2)34-38-19-22-10-13-27(23-7-4-3-5-8-23)28(16-22)30(31,32)33/h3-5,7-8,10-13,15-16,20,25-26H,6,9,14,17-19H2,1-2H3,(H,36,37)/b34-21+. The van der Waals surface area contributed by atoms with Gasteiger partial charge in [-0.3, -0.25) is 4.79 Å². The number of rotatable bonds is 8. The third kappa shape index (κ3) is 6.92. The second-order valence-electron chi connectivity index (χ2n) is 10.1. The van der Waals surface area contributed by atoms with Gasteiger partial charge in [0.2, 0.25) is 0 Å². The highest BCUT2D eigenvalue weighted by Gasteiger charge is 2.34. The van der Waals surface area contributed by atoms with Crippen molar-refractivity contribution < 1.29 is 27.9 Å². The summed E-state index contributed by atoms with van der Waals surface area (Å²) in [5, 5.41) is 13.5. The minimum Gasteiger partial charge on any atom is -0.481 e. The molecule has 0 aromatic heterocycles. The first-order valence-corrected chi connectivity index (χ1v) is 12.9. The molecule has 1 aliphatic heterocycles. The molecule has 0 radical (unpaired) electrons. The van der Waals surface area contributed by atoms with Crippen LogP contribution in [0.1, 0.15) is 37.8 Å². The third-order valence-electron chi connectivity index (χ3n) is 7.29. The van der Waals surface area contributed by atoms with Crippen molar-refractivity contribution in [2.24, 2.45) is 22.9 Å². The molecule has 8 heteroatoms. The van der Waals surface area contributed by atoms with Gasteiger partial charge < -0.3 is 14.8 Å². The van der Waals surface area contributed by atoms with Gasteiger partial charge >= 0.3 is 12.1 Å². The van der Waals surface area contributed by atoms with Gasteiger partial charge in [-0.05, 0) is 66.5 Å². The average molecular weight is 527 g/mol. The summed E-state index contributed by atoms with van der Waals surface area (Å²) >= 11 is 0. The molecule has 0 spiro atoms. The number of halogens is 3. The second kappa shape index (κ2) is 12.0. The second-order valence-corrected chi connectivity index (χ2v) is 10.1. The fourth-order valence-electron chi connectivity index (χ4n) is 5.10. The number of carboxylic acids is 1. The highest BCUT2D eigenvalue weighted by Crippen LogP contribution is 2.38. The van der Waals surface area contributed by atoms with Gasteiger partial charge in [0.05, 0.1) is 17.2 Å². The number of allylic oxidation sites excluding steroid dienone is 3. The van der Waals surface area contributed by atoms with Crippen molar-refractivity contribution in [2.75, 3.05) is 19.6 Å². The normalized spacial score (nSPS) is 22.7. The fourth-order valence-corrected chi connectivity index (χ4v) is 5.10. The molecule has 0 amide bonds. The van der Waals surface area contributed by atoms with Gasteiger partial charge in [0.15, 0.2) is 0 Å². The summed E-state index contributed by atoms with van der Waals surface area (Å²) in [5.41, 5.74) is 1.87. The monoisotopic (exact) mass is 526 g/mol. The molecule has 2 aliphatic rings. The van der Waals surface area contributed by atoms with Crippen molar-refractivity contribution in [1.82, 2.24) is 4.90 Å². The molecule has 0 bridgehead atoms. The van der Waals surface area contributed by atoms with Crippen LogP contribution in [0.15, 0.2) is 77.5 Å². The van der Waals surface area contributed by atoms with Gasteiger partial charge in [0, 0.05) is 13.1 Å². The zero-order chi connectivity index (χ0) is 27.3. The van der Waals surface area contributed by atoms with Crippen LogP contribution >= 0.6 is 0 Å². The van der Waals surface area contributed by atoms with Crippen molar-refractivity contribution in [1.29, 1.82) is 0 Å². The van der Waals surface area contributed by atoms with Crippen LogP contribution in [0.3, 0.4) is 0 Å². The Morgan fingerprint density at radius 1 is 1.18 bits per heavy atom. The summed E-state index contributed by atoms with van der Waals surface area (Å²) in [4.78, 5) is 19.0. The van der Waals surface area contributed by atoms with Gasteiger partial charge in [-0.25, -0.2) is 0 Å². The molecule has 1 N–H and O–H groups in total. The maximum Gasteiger partial charge on any atom is 0.417 e. The number of hydrogen-bond donors (Lipinski definition) is 1. The van der Waals surface area contributed by atoms with E-state index in [0.717, 1.165) is 37.6 Å². The first-order valence-electron chi connectivity index (χ1n) is 12.9. The number of nitrogens with zero attached hydrogens (tertiary/aromatic N) is 2. The maximum atomic E-state index is 13.8. The highest BCUT2D eigenvalue weighted by atomic mass is 19.4. The fraction of sp³-hybridized carbons (Fsp3) is 0.400. The van der Waals surface area contributed by atoms with Gasteiger partial charge in [0.1, 0.15) is 6.61 Å². The number of carboxylic acid groups (broad SMARTS) is 1. The molecule has 1 fully saturated rings. The van der Waals surface area contributed by atoms with E-state index in [1.165, 1.54) is 6.07 Å². The van der Waals surface area contributed by atoms with Crippen molar-refractivity contribution in [3.8, 4) is 11.1 Å². The lowest BCUT2D eigenvalue weighted by Gasteiger charge is -2.34.